The molecule has 1 heterocycles. The first-order chi connectivity index (χ1) is 9.01. The van der Waals surface area contributed by atoms with Gasteiger partial charge in [0.15, 0.2) is 0 Å². The Morgan fingerprint density at radius 1 is 1.42 bits per heavy atom. The van der Waals surface area contributed by atoms with Gasteiger partial charge in [-0.05, 0) is 36.1 Å². The fourth-order valence-electron chi connectivity index (χ4n) is 1.69. The van der Waals surface area contributed by atoms with Crippen molar-refractivity contribution < 1.29 is 19.1 Å². The fourth-order valence-corrected chi connectivity index (χ4v) is 2.64. The van der Waals surface area contributed by atoms with Crippen LogP contribution in [0.4, 0.5) is 4.39 Å². The van der Waals surface area contributed by atoms with Crippen molar-refractivity contribution in [3.8, 4) is 0 Å². The van der Waals surface area contributed by atoms with E-state index >= 15 is 0 Å². The smallest absolute Gasteiger partial charge is 0.326 e. The predicted molar refractivity (Wildman–Crippen MR) is 71.0 cm³/mol. The van der Waals surface area contributed by atoms with Crippen molar-refractivity contribution in [2.75, 3.05) is 0 Å². The summed E-state index contributed by atoms with van der Waals surface area (Å²) in [4.78, 5) is 23.1. The van der Waals surface area contributed by atoms with Gasteiger partial charge in [-0.2, -0.15) is 0 Å². The van der Waals surface area contributed by atoms with E-state index in [0.717, 1.165) is 4.70 Å². The Labute approximate surface area is 112 Å². The van der Waals surface area contributed by atoms with Crippen LogP contribution in [0.1, 0.15) is 23.0 Å². The van der Waals surface area contributed by atoms with Gasteiger partial charge in [-0.25, -0.2) is 9.18 Å². The molecule has 4 nitrogen and oxygen atoms in total. The van der Waals surface area contributed by atoms with Crippen LogP contribution in [-0.4, -0.2) is 23.0 Å². The zero-order valence-electron chi connectivity index (χ0n) is 10.1. The molecule has 6 heteroatoms. The molecule has 1 aromatic carbocycles. The summed E-state index contributed by atoms with van der Waals surface area (Å²) in [5, 5.41) is 12.0. The number of benzene rings is 1. The third-order valence-corrected chi connectivity index (χ3v) is 3.83. The molecule has 0 fully saturated rings. The lowest BCUT2D eigenvalue weighted by atomic mass is 10.2. The molecule has 2 rings (SSSR count). The number of carboxylic acids is 1. The molecule has 0 bridgehead atoms. The third kappa shape index (κ3) is 2.90. The molecule has 0 saturated carbocycles. The standard InChI is InChI=1S/C13H12FNO3S/c1-2-9(13(17)18)15-12(16)11-6-7-5-8(14)3-4-10(7)19-11/h3-6,9H,2H2,1H3,(H,15,16)(H,17,18)/t9-/m1/s1. The van der Waals surface area contributed by atoms with Crippen LogP contribution in [0.2, 0.25) is 0 Å². The van der Waals surface area contributed by atoms with Crippen LogP contribution in [0.25, 0.3) is 10.1 Å². The molecule has 0 spiro atoms. The highest BCUT2D eigenvalue weighted by Crippen LogP contribution is 2.26. The molecule has 0 saturated heterocycles. The molecule has 1 amide bonds. The second kappa shape index (κ2) is 5.36. The second-order valence-corrected chi connectivity index (χ2v) is 5.15. The van der Waals surface area contributed by atoms with E-state index in [9.17, 15) is 14.0 Å². The predicted octanol–water partition coefficient (Wildman–Crippen LogP) is 2.63. The van der Waals surface area contributed by atoms with Crippen molar-refractivity contribution in [3.63, 3.8) is 0 Å². The van der Waals surface area contributed by atoms with Gasteiger partial charge in [0.2, 0.25) is 0 Å². The largest absolute Gasteiger partial charge is 0.480 e. The fraction of sp³-hybridized carbons (Fsp3) is 0.231. The maximum absolute atomic E-state index is 13.0. The van der Waals surface area contributed by atoms with Crippen molar-refractivity contribution in [3.05, 3.63) is 35.0 Å². The SMILES string of the molecule is CC[C@@H](NC(=O)c1cc2cc(F)ccc2s1)C(=O)O. The number of aliphatic carboxylic acids is 1. The van der Waals surface area contributed by atoms with Gasteiger partial charge in [0, 0.05) is 4.70 Å². The number of nitrogens with one attached hydrogen (secondary N) is 1. The Morgan fingerprint density at radius 3 is 2.79 bits per heavy atom. The molecule has 0 aliphatic rings. The molecule has 100 valence electrons. The summed E-state index contributed by atoms with van der Waals surface area (Å²) in [5.74, 6) is -1.88. The molecule has 19 heavy (non-hydrogen) atoms. The zero-order valence-corrected chi connectivity index (χ0v) is 11.0. The molecule has 2 aromatic rings. The van der Waals surface area contributed by atoms with Crippen LogP contribution in [0, 0.1) is 5.82 Å². The van der Waals surface area contributed by atoms with Gasteiger partial charge in [-0.15, -0.1) is 11.3 Å². The Morgan fingerprint density at radius 2 is 2.16 bits per heavy atom. The van der Waals surface area contributed by atoms with Crippen molar-refractivity contribution in [2.24, 2.45) is 0 Å². The first-order valence-electron chi connectivity index (χ1n) is 5.74. The van der Waals surface area contributed by atoms with Crippen LogP contribution in [0.5, 0.6) is 0 Å². The third-order valence-electron chi connectivity index (χ3n) is 2.71. The van der Waals surface area contributed by atoms with E-state index in [-0.39, 0.29) is 5.82 Å². The number of carbonyl (C=O) groups excluding carboxylic acids is 1. The first-order valence-corrected chi connectivity index (χ1v) is 6.55. The van der Waals surface area contributed by atoms with E-state index < -0.39 is 17.9 Å². The van der Waals surface area contributed by atoms with Crippen molar-refractivity contribution in [1.82, 2.24) is 5.32 Å². The number of hydrogen-bond acceptors (Lipinski definition) is 3. The van der Waals surface area contributed by atoms with Gasteiger partial charge in [0.05, 0.1) is 4.88 Å². The van der Waals surface area contributed by atoms with Crippen LogP contribution in [0.3, 0.4) is 0 Å². The minimum absolute atomic E-state index is 0.306. The number of carboxylic acid groups (broad SMARTS) is 1. The lowest BCUT2D eigenvalue weighted by Gasteiger charge is -2.10. The van der Waals surface area contributed by atoms with Gasteiger partial charge in [0.1, 0.15) is 11.9 Å². The Balaban J connectivity index is 2.24. The van der Waals surface area contributed by atoms with Gasteiger partial charge >= 0.3 is 5.97 Å². The molecular weight excluding hydrogens is 269 g/mol. The molecule has 0 aliphatic heterocycles. The number of amides is 1. The highest BCUT2D eigenvalue weighted by Gasteiger charge is 2.19. The molecule has 1 atom stereocenters. The van der Waals surface area contributed by atoms with Crippen LogP contribution < -0.4 is 5.32 Å². The summed E-state index contributed by atoms with van der Waals surface area (Å²) in [6.07, 6.45) is 0.306. The molecule has 0 radical (unpaired) electrons. The Hall–Kier alpha value is -1.95. The zero-order chi connectivity index (χ0) is 14.0. The number of rotatable bonds is 4. The van der Waals surface area contributed by atoms with E-state index in [1.165, 1.54) is 23.5 Å². The monoisotopic (exact) mass is 281 g/mol. The van der Waals surface area contributed by atoms with E-state index in [1.54, 1.807) is 19.1 Å². The second-order valence-electron chi connectivity index (χ2n) is 4.07. The van der Waals surface area contributed by atoms with Gasteiger partial charge in [0.25, 0.3) is 5.91 Å². The number of fused-ring (bicyclic) bond motifs is 1. The summed E-state index contributed by atoms with van der Waals surface area (Å²) in [5.41, 5.74) is 0. The maximum Gasteiger partial charge on any atom is 0.326 e. The van der Waals surface area contributed by atoms with Gasteiger partial charge in [-0.1, -0.05) is 6.92 Å². The highest BCUT2D eigenvalue weighted by molar-refractivity contribution is 7.20. The van der Waals surface area contributed by atoms with E-state index in [4.69, 9.17) is 5.11 Å². The molecule has 0 unspecified atom stereocenters. The first kappa shape index (κ1) is 13.5. The average Bonchev–Trinajstić information content (AvgIpc) is 2.78. The van der Waals surface area contributed by atoms with Crippen LogP contribution in [0.15, 0.2) is 24.3 Å². The van der Waals surface area contributed by atoms with Crippen molar-refractivity contribution in [1.29, 1.82) is 0 Å². The number of carbonyl (C=O) groups is 2. The van der Waals surface area contributed by atoms with Crippen molar-refractivity contribution >= 4 is 33.3 Å². The Bertz CT molecular complexity index is 638. The molecule has 2 N–H and O–H groups in total. The highest BCUT2D eigenvalue weighted by atomic mass is 32.1. The number of halogens is 1. The number of hydrogen-bond donors (Lipinski definition) is 2. The van der Waals surface area contributed by atoms with Gasteiger partial charge < -0.3 is 10.4 Å². The summed E-state index contributed by atoms with van der Waals surface area (Å²) in [7, 11) is 0. The van der Waals surface area contributed by atoms with Crippen LogP contribution in [-0.2, 0) is 4.79 Å². The summed E-state index contributed by atoms with van der Waals surface area (Å²) in [6.45, 7) is 1.68. The van der Waals surface area contributed by atoms with Crippen LogP contribution >= 0.6 is 11.3 Å². The minimum atomic E-state index is -1.07. The Kier molecular flexibility index (Phi) is 3.80. The van der Waals surface area contributed by atoms with Gasteiger partial charge in [-0.3, -0.25) is 4.79 Å². The molecular formula is C13H12FNO3S. The quantitative estimate of drug-likeness (QED) is 0.905. The topological polar surface area (TPSA) is 66.4 Å². The lowest BCUT2D eigenvalue weighted by molar-refractivity contribution is -0.139. The number of thiophene rings is 1. The molecule has 1 aromatic heterocycles. The summed E-state index contributed by atoms with van der Waals surface area (Å²) < 4.78 is 13.8. The summed E-state index contributed by atoms with van der Waals surface area (Å²) in [6, 6.07) is 4.92. The normalized spacial score (nSPS) is 12.3. The average molecular weight is 281 g/mol. The van der Waals surface area contributed by atoms with E-state index in [2.05, 4.69) is 5.32 Å². The maximum atomic E-state index is 13.0. The molecule has 0 aliphatic carbocycles. The van der Waals surface area contributed by atoms with E-state index in [0.29, 0.717) is 16.7 Å². The summed E-state index contributed by atoms with van der Waals surface area (Å²) >= 11 is 1.21. The van der Waals surface area contributed by atoms with Crippen molar-refractivity contribution in [2.45, 2.75) is 19.4 Å². The minimum Gasteiger partial charge on any atom is -0.480 e. The van der Waals surface area contributed by atoms with E-state index in [1.807, 2.05) is 0 Å². The lowest BCUT2D eigenvalue weighted by Crippen LogP contribution is -2.39.